The predicted molar refractivity (Wildman–Crippen MR) is 148 cm³/mol. The topological polar surface area (TPSA) is 80.7 Å². The maximum atomic E-state index is 12.2. The molecule has 0 aliphatic heterocycles. The van der Waals surface area contributed by atoms with Crippen LogP contribution in [0.1, 0.15) is 122 Å². The van der Waals surface area contributed by atoms with Crippen LogP contribution in [0.15, 0.2) is 41.3 Å². The molecule has 0 aliphatic carbocycles. The van der Waals surface area contributed by atoms with Gasteiger partial charge in [0.2, 0.25) is 0 Å². The molecule has 0 saturated carbocycles. The van der Waals surface area contributed by atoms with Gasteiger partial charge in [0.05, 0.1) is 4.90 Å². The molecule has 0 amide bonds. The molecule has 0 aromatic heterocycles. The van der Waals surface area contributed by atoms with Gasteiger partial charge in [-0.15, -0.1) is 0 Å². The molecule has 0 fully saturated rings. The summed E-state index contributed by atoms with van der Waals surface area (Å²) >= 11 is 0. The molecular formula is C30H46O5S. The fourth-order valence-corrected chi connectivity index (χ4v) is 5.12. The summed E-state index contributed by atoms with van der Waals surface area (Å²) in [4.78, 5) is 12.0. The molecule has 202 valence electrons. The minimum atomic E-state index is -4.24. The van der Waals surface area contributed by atoms with Gasteiger partial charge >= 0.3 is 5.97 Å². The summed E-state index contributed by atoms with van der Waals surface area (Å²) < 4.78 is 37.1. The first-order valence-corrected chi connectivity index (χ1v) is 15.6. The summed E-state index contributed by atoms with van der Waals surface area (Å²) in [5, 5.41) is 1.39. The third-order valence-electron chi connectivity index (χ3n) is 6.80. The molecule has 2 aromatic carbocycles. The van der Waals surface area contributed by atoms with Crippen molar-refractivity contribution >= 4 is 26.9 Å². The number of fused-ring (bicyclic) bond motifs is 1. The minimum Gasteiger partial charge on any atom is -0.427 e. The second-order valence-electron chi connectivity index (χ2n) is 10.0. The first-order valence-electron chi connectivity index (χ1n) is 14.1. The first kappa shape index (κ1) is 30.3. The highest BCUT2D eigenvalue weighted by Gasteiger charge is 2.11. The van der Waals surface area contributed by atoms with Crippen LogP contribution in [0.25, 0.3) is 10.8 Å². The number of hydrogen-bond donors (Lipinski definition) is 1. The first-order chi connectivity index (χ1) is 17.4. The van der Waals surface area contributed by atoms with E-state index in [1.165, 1.54) is 102 Å². The van der Waals surface area contributed by atoms with E-state index in [4.69, 9.17) is 9.29 Å². The van der Waals surface area contributed by atoms with Crippen molar-refractivity contribution in [2.75, 3.05) is 0 Å². The van der Waals surface area contributed by atoms with Gasteiger partial charge in [0.1, 0.15) is 5.75 Å². The summed E-state index contributed by atoms with van der Waals surface area (Å²) in [5.41, 5.74) is 0. The van der Waals surface area contributed by atoms with Gasteiger partial charge in [0.15, 0.2) is 0 Å². The number of carbonyl (C=O) groups is 1. The fraction of sp³-hybridized carbons (Fsp3) is 0.633. The highest BCUT2D eigenvalue weighted by atomic mass is 32.2. The summed E-state index contributed by atoms with van der Waals surface area (Å²) in [6, 6.07) is 9.35. The highest BCUT2D eigenvalue weighted by molar-refractivity contribution is 7.85. The average Bonchev–Trinajstić information content (AvgIpc) is 2.85. The number of ether oxygens (including phenoxy) is 1. The maximum Gasteiger partial charge on any atom is 0.311 e. The Morgan fingerprint density at radius 1 is 0.667 bits per heavy atom. The molecule has 36 heavy (non-hydrogen) atoms. The third kappa shape index (κ3) is 12.9. The lowest BCUT2D eigenvalue weighted by Gasteiger charge is -2.07. The molecule has 5 nitrogen and oxygen atoms in total. The molecule has 0 unspecified atom stereocenters. The van der Waals surface area contributed by atoms with E-state index in [-0.39, 0.29) is 10.9 Å². The van der Waals surface area contributed by atoms with E-state index in [9.17, 15) is 13.2 Å². The van der Waals surface area contributed by atoms with Crippen molar-refractivity contribution in [3.63, 3.8) is 0 Å². The van der Waals surface area contributed by atoms with Gasteiger partial charge in [-0.1, -0.05) is 122 Å². The molecule has 0 bridgehead atoms. The molecule has 6 heteroatoms. The van der Waals surface area contributed by atoms with Crippen molar-refractivity contribution in [3.05, 3.63) is 36.4 Å². The Kier molecular flexibility index (Phi) is 14.7. The smallest absolute Gasteiger partial charge is 0.311 e. The molecule has 0 spiro atoms. The largest absolute Gasteiger partial charge is 0.427 e. The van der Waals surface area contributed by atoms with Gasteiger partial charge in [-0.3, -0.25) is 9.35 Å². The van der Waals surface area contributed by atoms with E-state index in [0.29, 0.717) is 17.6 Å². The zero-order valence-electron chi connectivity index (χ0n) is 22.2. The van der Waals surface area contributed by atoms with Crippen LogP contribution in [0.3, 0.4) is 0 Å². The van der Waals surface area contributed by atoms with Crippen molar-refractivity contribution in [3.8, 4) is 5.75 Å². The minimum absolute atomic E-state index is 0.154. The van der Waals surface area contributed by atoms with E-state index in [0.717, 1.165) is 24.6 Å². The molecular weight excluding hydrogens is 472 g/mol. The van der Waals surface area contributed by atoms with Crippen LogP contribution in [-0.2, 0) is 14.9 Å². The molecule has 2 aromatic rings. The Balaban J connectivity index is 1.45. The van der Waals surface area contributed by atoms with Gasteiger partial charge in [-0.25, -0.2) is 0 Å². The summed E-state index contributed by atoms with van der Waals surface area (Å²) in [6.07, 6.45) is 22.6. The van der Waals surface area contributed by atoms with Crippen LogP contribution in [0.2, 0.25) is 0 Å². The Bertz CT molecular complexity index is 1000. The number of hydrogen-bond acceptors (Lipinski definition) is 4. The van der Waals surface area contributed by atoms with Crippen LogP contribution < -0.4 is 4.74 Å². The monoisotopic (exact) mass is 518 g/mol. The number of esters is 1. The van der Waals surface area contributed by atoms with Gasteiger partial charge in [-0.05, 0) is 41.5 Å². The molecule has 0 saturated heterocycles. The zero-order chi connectivity index (χ0) is 26.1. The van der Waals surface area contributed by atoms with Gasteiger partial charge in [0, 0.05) is 6.42 Å². The lowest BCUT2D eigenvalue weighted by molar-refractivity contribution is -0.134. The van der Waals surface area contributed by atoms with Crippen molar-refractivity contribution in [2.45, 2.75) is 127 Å². The van der Waals surface area contributed by atoms with E-state index < -0.39 is 10.1 Å². The maximum absolute atomic E-state index is 12.2. The van der Waals surface area contributed by atoms with Crippen molar-refractivity contribution in [1.82, 2.24) is 0 Å². The number of unbranched alkanes of at least 4 members (excludes halogenated alkanes) is 16. The van der Waals surface area contributed by atoms with E-state index in [1.54, 1.807) is 24.3 Å². The van der Waals surface area contributed by atoms with Crippen LogP contribution in [0.4, 0.5) is 0 Å². The van der Waals surface area contributed by atoms with Crippen molar-refractivity contribution in [1.29, 1.82) is 0 Å². The number of rotatable bonds is 20. The molecule has 0 radical (unpaired) electrons. The Labute approximate surface area is 218 Å². The van der Waals surface area contributed by atoms with Gasteiger partial charge in [0.25, 0.3) is 10.1 Å². The van der Waals surface area contributed by atoms with Crippen molar-refractivity contribution in [2.24, 2.45) is 0 Å². The summed E-state index contributed by atoms with van der Waals surface area (Å²) in [7, 11) is -4.24. The molecule has 0 heterocycles. The standard InChI is InChI=1S/C30H46O5S/c1-2-3-4-5-6-7-8-9-10-11-12-13-14-15-16-17-18-19-30(31)35-28-22-20-27-25-29(36(32,33)34)23-21-26(27)24-28/h20-25H,2-19H2,1H3,(H,32,33,34). The molecule has 0 atom stereocenters. The highest BCUT2D eigenvalue weighted by Crippen LogP contribution is 2.24. The van der Waals surface area contributed by atoms with E-state index >= 15 is 0 Å². The Morgan fingerprint density at radius 3 is 1.61 bits per heavy atom. The molecule has 0 aliphatic rings. The lowest BCUT2D eigenvalue weighted by Crippen LogP contribution is -2.07. The molecule has 2 rings (SSSR count). The Morgan fingerprint density at radius 2 is 1.11 bits per heavy atom. The zero-order valence-corrected chi connectivity index (χ0v) is 23.0. The number of benzene rings is 2. The quantitative estimate of drug-likeness (QED) is 0.0818. The van der Waals surface area contributed by atoms with Crippen LogP contribution in [-0.4, -0.2) is 18.9 Å². The summed E-state index contributed by atoms with van der Waals surface area (Å²) in [5.74, 6) is 0.198. The average molecular weight is 519 g/mol. The van der Waals surface area contributed by atoms with Crippen molar-refractivity contribution < 1.29 is 22.5 Å². The normalized spacial score (nSPS) is 11.7. The second-order valence-corrected chi connectivity index (χ2v) is 11.4. The van der Waals surface area contributed by atoms with Gasteiger partial charge < -0.3 is 4.74 Å². The second kappa shape index (κ2) is 17.5. The Hall–Kier alpha value is -1.92. The van der Waals surface area contributed by atoms with Crippen LogP contribution in [0.5, 0.6) is 5.75 Å². The SMILES string of the molecule is CCCCCCCCCCCCCCCCCCCC(=O)Oc1ccc2cc(S(=O)(=O)O)ccc2c1. The third-order valence-corrected chi connectivity index (χ3v) is 7.65. The predicted octanol–water partition coefficient (Wildman–Crippen LogP) is 9.03. The van der Waals surface area contributed by atoms with E-state index in [2.05, 4.69) is 6.92 Å². The molecule has 1 N–H and O–H groups in total. The number of carbonyl (C=O) groups excluding carboxylic acids is 1. The van der Waals surface area contributed by atoms with Gasteiger partial charge in [-0.2, -0.15) is 8.42 Å². The van der Waals surface area contributed by atoms with E-state index in [1.807, 2.05) is 0 Å². The summed E-state index contributed by atoms with van der Waals surface area (Å²) in [6.45, 7) is 2.27. The van der Waals surface area contributed by atoms with Crippen LogP contribution in [0, 0.1) is 0 Å². The fourth-order valence-electron chi connectivity index (χ4n) is 4.60. The lowest BCUT2D eigenvalue weighted by atomic mass is 10.0. The van der Waals surface area contributed by atoms with Crippen LogP contribution >= 0.6 is 0 Å².